The number of ether oxygens (including phenoxy) is 1. The zero-order valence-electron chi connectivity index (χ0n) is 13.4. The molecular weight excluding hydrogens is 318 g/mol. The van der Waals surface area contributed by atoms with E-state index in [2.05, 4.69) is 4.74 Å². The molecule has 0 aliphatic carbocycles. The quantitative estimate of drug-likeness (QED) is 0.612. The van der Waals surface area contributed by atoms with Gasteiger partial charge >= 0.3 is 5.97 Å². The summed E-state index contributed by atoms with van der Waals surface area (Å²) < 4.78 is 31.2. The summed E-state index contributed by atoms with van der Waals surface area (Å²) in [7, 11) is 0.666. The van der Waals surface area contributed by atoms with Crippen molar-refractivity contribution in [2.75, 3.05) is 34.3 Å². The molecule has 0 aliphatic rings. The fraction of sp³-hybridized carbons (Fsp3) is 0.917. The second kappa shape index (κ2) is 10.3. The third-order valence-electron chi connectivity index (χ3n) is 3.28. The van der Waals surface area contributed by atoms with Crippen molar-refractivity contribution in [3.63, 3.8) is 0 Å². The molecule has 0 saturated heterocycles. The highest BCUT2D eigenvalue weighted by atomic mass is 35.5. The van der Waals surface area contributed by atoms with Crippen molar-refractivity contribution in [1.82, 2.24) is 8.61 Å². The topological polar surface area (TPSA) is 92.9 Å². The number of nitrogens with zero attached hydrogens (tertiary/aromatic N) is 2. The molecule has 2 N–H and O–H groups in total. The Bertz CT molecular complexity index is 403. The fourth-order valence-corrected chi connectivity index (χ4v) is 2.62. The van der Waals surface area contributed by atoms with Gasteiger partial charge in [-0.1, -0.05) is 13.8 Å². The maximum atomic E-state index is 12.2. The lowest BCUT2D eigenvalue weighted by atomic mass is 10.0. The van der Waals surface area contributed by atoms with Crippen LogP contribution in [0.5, 0.6) is 0 Å². The Morgan fingerprint density at radius 2 is 1.67 bits per heavy atom. The Morgan fingerprint density at radius 1 is 1.19 bits per heavy atom. The molecule has 0 fully saturated rings. The summed E-state index contributed by atoms with van der Waals surface area (Å²) in [6, 6.07) is -0.0342. The predicted molar refractivity (Wildman–Crippen MR) is 85.5 cm³/mol. The van der Waals surface area contributed by atoms with E-state index in [9.17, 15) is 13.2 Å². The summed E-state index contributed by atoms with van der Waals surface area (Å²) >= 11 is 0. The number of esters is 1. The van der Waals surface area contributed by atoms with Gasteiger partial charge in [0.25, 0.3) is 10.2 Å². The van der Waals surface area contributed by atoms with Crippen molar-refractivity contribution in [2.45, 2.75) is 32.7 Å². The minimum absolute atomic E-state index is 0. The van der Waals surface area contributed by atoms with E-state index in [1.807, 2.05) is 13.8 Å². The summed E-state index contributed by atoms with van der Waals surface area (Å²) in [5, 5.41) is 0. The van der Waals surface area contributed by atoms with Crippen LogP contribution in [0, 0.1) is 5.92 Å². The standard InChI is InChI=1S/C12H27N3O4S.ClH/c1-10(2)11(13)6-8-14(3)20(17,18)15(4)9-7-12(16)19-5;/h10-11H,6-9,13H2,1-5H3;1H. The zero-order valence-corrected chi connectivity index (χ0v) is 15.0. The molecule has 0 amide bonds. The molecule has 0 bridgehead atoms. The van der Waals surface area contributed by atoms with E-state index in [0.717, 1.165) is 4.31 Å². The SMILES string of the molecule is COC(=O)CCN(C)S(=O)(=O)N(C)CCC(N)C(C)C.Cl. The molecule has 0 rings (SSSR count). The minimum atomic E-state index is -3.56. The van der Waals surface area contributed by atoms with Crippen molar-refractivity contribution in [1.29, 1.82) is 0 Å². The van der Waals surface area contributed by atoms with Gasteiger partial charge in [0.2, 0.25) is 0 Å². The van der Waals surface area contributed by atoms with Gasteiger partial charge in [-0.05, 0) is 12.3 Å². The van der Waals surface area contributed by atoms with Crippen molar-refractivity contribution in [2.24, 2.45) is 11.7 Å². The van der Waals surface area contributed by atoms with E-state index in [1.54, 1.807) is 0 Å². The van der Waals surface area contributed by atoms with Crippen LogP contribution in [0.2, 0.25) is 0 Å². The Kier molecular flexibility index (Phi) is 11.3. The Labute approximate surface area is 134 Å². The molecule has 0 heterocycles. The molecule has 1 unspecified atom stereocenters. The first-order valence-electron chi connectivity index (χ1n) is 6.63. The third-order valence-corrected chi connectivity index (χ3v) is 5.22. The number of methoxy groups -OCH3 is 1. The van der Waals surface area contributed by atoms with Gasteiger partial charge in [-0.3, -0.25) is 4.79 Å². The van der Waals surface area contributed by atoms with E-state index >= 15 is 0 Å². The molecule has 21 heavy (non-hydrogen) atoms. The smallest absolute Gasteiger partial charge is 0.306 e. The van der Waals surface area contributed by atoms with Gasteiger partial charge in [0.05, 0.1) is 13.5 Å². The van der Waals surface area contributed by atoms with E-state index in [0.29, 0.717) is 18.9 Å². The molecule has 1 atom stereocenters. The van der Waals surface area contributed by atoms with Crippen molar-refractivity contribution < 1.29 is 17.9 Å². The number of carbonyl (C=O) groups is 1. The Morgan fingerprint density at radius 3 is 2.10 bits per heavy atom. The van der Waals surface area contributed by atoms with Gasteiger partial charge in [-0.2, -0.15) is 17.0 Å². The number of hydrogen-bond acceptors (Lipinski definition) is 5. The zero-order chi connectivity index (χ0) is 15.9. The normalized spacial score (nSPS) is 13.4. The van der Waals surface area contributed by atoms with E-state index in [-0.39, 0.29) is 31.4 Å². The van der Waals surface area contributed by atoms with Gasteiger partial charge < -0.3 is 10.5 Å². The molecule has 9 heteroatoms. The number of halogens is 1. The Hall–Kier alpha value is -0.410. The molecule has 128 valence electrons. The van der Waals surface area contributed by atoms with Crippen LogP contribution in [0.1, 0.15) is 26.7 Å². The first kappa shape index (κ1) is 22.9. The second-order valence-corrected chi connectivity index (χ2v) is 7.32. The first-order valence-corrected chi connectivity index (χ1v) is 8.02. The number of nitrogens with two attached hydrogens (primary N) is 1. The summed E-state index contributed by atoms with van der Waals surface area (Å²) in [5.41, 5.74) is 5.90. The summed E-state index contributed by atoms with van der Waals surface area (Å²) in [6.45, 7) is 4.45. The third kappa shape index (κ3) is 7.96. The molecule has 0 spiro atoms. The van der Waals surface area contributed by atoms with Crippen LogP contribution in [0.4, 0.5) is 0 Å². The molecule has 0 saturated carbocycles. The number of rotatable bonds is 9. The lowest BCUT2D eigenvalue weighted by Gasteiger charge is -2.25. The highest BCUT2D eigenvalue weighted by Crippen LogP contribution is 2.09. The van der Waals surface area contributed by atoms with E-state index in [1.165, 1.54) is 25.5 Å². The number of hydrogen-bond donors (Lipinski definition) is 1. The monoisotopic (exact) mass is 345 g/mol. The predicted octanol–water partition coefficient (Wildman–Crippen LogP) is 0.453. The Balaban J connectivity index is 0. The summed E-state index contributed by atoms with van der Waals surface area (Å²) in [5.74, 6) is -0.125. The van der Waals surface area contributed by atoms with Crippen LogP contribution < -0.4 is 5.73 Å². The largest absolute Gasteiger partial charge is 0.469 e. The van der Waals surface area contributed by atoms with Gasteiger partial charge in [0.15, 0.2) is 0 Å². The maximum Gasteiger partial charge on any atom is 0.306 e. The second-order valence-electron chi connectivity index (χ2n) is 5.17. The molecular formula is C12H28ClN3O4S. The molecule has 0 aliphatic heterocycles. The van der Waals surface area contributed by atoms with Crippen LogP contribution in [-0.4, -0.2) is 63.3 Å². The van der Waals surface area contributed by atoms with Crippen molar-refractivity contribution in [3.8, 4) is 0 Å². The van der Waals surface area contributed by atoms with Crippen LogP contribution in [0.25, 0.3) is 0 Å². The van der Waals surface area contributed by atoms with Crippen molar-refractivity contribution >= 4 is 28.6 Å². The van der Waals surface area contributed by atoms with Gasteiger partial charge in [-0.15, -0.1) is 12.4 Å². The van der Waals surface area contributed by atoms with Crippen LogP contribution in [0.15, 0.2) is 0 Å². The van der Waals surface area contributed by atoms with E-state index in [4.69, 9.17) is 5.73 Å². The van der Waals surface area contributed by atoms with Crippen LogP contribution in [-0.2, 0) is 19.7 Å². The highest BCUT2D eigenvalue weighted by Gasteiger charge is 2.24. The van der Waals surface area contributed by atoms with Crippen LogP contribution in [0.3, 0.4) is 0 Å². The lowest BCUT2D eigenvalue weighted by molar-refractivity contribution is -0.140. The lowest BCUT2D eigenvalue weighted by Crippen LogP contribution is -2.42. The minimum Gasteiger partial charge on any atom is -0.469 e. The average Bonchev–Trinajstić information content (AvgIpc) is 2.40. The van der Waals surface area contributed by atoms with Gasteiger partial charge in [-0.25, -0.2) is 0 Å². The molecule has 0 aromatic rings. The average molecular weight is 346 g/mol. The van der Waals surface area contributed by atoms with Crippen molar-refractivity contribution in [3.05, 3.63) is 0 Å². The summed E-state index contributed by atoms with van der Waals surface area (Å²) in [6.07, 6.45) is 0.629. The fourth-order valence-electron chi connectivity index (χ4n) is 1.48. The molecule has 7 nitrogen and oxygen atoms in total. The number of carbonyl (C=O) groups excluding carboxylic acids is 1. The van der Waals surface area contributed by atoms with E-state index < -0.39 is 16.2 Å². The summed E-state index contributed by atoms with van der Waals surface area (Å²) in [4.78, 5) is 11.0. The van der Waals surface area contributed by atoms with Gasteiger partial charge in [0.1, 0.15) is 0 Å². The van der Waals surface area contributed by atoms with Gasteiger partial charge in [0, 0.05) is 33.2 Å². The highest BCUT2D eigenvalue weighted by molar-refractivity contribution is 7.86. The first-order chi connectivity index (χ1) is 9.12. The molecule has 0 aromatic carbocycles. The molecule has 0 aromatic heterocycles. The molecule has 0 radical (unpaired) electrons. The maximum absolute atomic E-state index is 12.2. The van der Waals surface area contributed by atoms with Crippen LogP contribution >= 0.6 is 12.4 Å².